The predicted octanol–water partition coefficient (Wildman–Crippen LogP) is 4.10. The molecular weight excluding hydrogens is 438 g/mol. The molecule has 4 aromatic rings. The van der Waals surface area contributed by atoms with E-state index in [1.807, 2.05) is 30.5 Å². The number of methoxy groups -OCH3 is 1. The van der Waals surface area contributed by atoms with Gasteiger partial charge < -0.3 is 30.6 Å². The van der Waals surface area contributed by atoms with E-state index >= 15 is 0 Å². The van der Waals surface area contributed by atoms with E-state index in [0.29, 0.717) is 12.5 Å². The molecule has 0 bridgehead atoms. The van der Waals surface area contributed by atoms with Gasteiger partial charge in [0.25, 0.3) is 0 Å². The second kappa shape index (κ2) is 10.2. The molecule has 1 aliphatic heterocycles. The van der Waals surface area contributed by atoms with Gasteiger partial charge >= 0.3 is 0 Å². The molecule has 2 aromatic carbocycles. The summed E-state index contributed by atoms with van der Waals surface area (Å²) in [6, 6.07) is 14.3. The number of hydrogen-bond donors (Lipinski definition) is 3. The van der Waals surface area contributed by atoms with Crippen molar-refractivity contribution in [2.75, 3.05) is 57.1 Å². The Morgan fingerprint density at radius 3 is 2.77 bits per heavy atom. The summed E-state index contributed by atoms with van der Waals surface area (Å²) >= 11 is 0. The zero-order chi connectivity index (χ0) is 24.2. The molecule has 1 fully saturated rings. The molecular formula is C27H31N7O. The lowest BCUT2D eigenvalue weighted by Crippen LogP contribution is -2.44. The van der Waals surface area contributed by atoms with Crippen LogP contribution in [0, 0.1) is 0 Å². The molecule has 0 saturated carbocycles. The highest BCUT2D eigenvalue weighted by Crippen LogP contribution is 2.36. The number of aromatic nitrogens is 3. The number of benzene rings is 2. The molecule has 180 valence electrons. The van der Waals surface area contributed by atoms with Crippen LogP contribution in [-0.2, 0) is 0 Å². The number of para-hydroxylation sites is 1. The molecule has 8 heteroatoms. The fourth-order valence-corrected chi connectivity index (χ4v) is 4.47. The molecule has 0 atom stereocenters. The summed E-state index contributed by atoms with van der Waals surface area (Å²) in [6.45, 7) is 4.46. The highest BCUT2D eigenvalue weighted by molar-refractivity contribution is 5.94. The normalized spacial score (nSPS) is 14.7. The van der Waals surface area contributed by atoms with Gasteiger partial charge in [-0.25, -0.2) is 9.97 Å². The van der Waals surface area contributed by atoms with Crippen molar-refractivity contribution < 1.29 is 4.74 Å². The van der Waals surface area contributed by atoms with Gasteiger partial charge in [0.05, 0.1) is 18.5 Å². The number of nitrogens with zero attached hydrogens (tertiary/aromatic N) is 4. The first-order valence-electron chi connectivity index (χ1n) is 11.8. The molecule has 0 unspecified atom stereocenters. The van der Waals surface area contributed by atoms with E-state index < -0.39 is 0 Å². The van der Waals surface area contributed by atoms with Gasteiger partial charge in [0.1, 0.15) is 5.75 Å². The number of nitrogens with one attached hydrogen (secondary N) is 2. The van der Waals surface area contributed by atoms with Crippen LogP contribution in [0.25, 0.3) is 28.2 Å². The average Bonchev–Trinajstić information content (AvgIpc) is 3.32. The smallest absolute Gasteiger partial charge is 0.227 e. The van der Waals surface area contributed by atoms with Gasteiger partial charge in [0.15, 0.2) is 0 Å². The number of ether oxygens (including phenoxy) is 1. The Kier molecular flexibility index (Phi) is 6.65. The van der Waals surface area contributed by atoms with Gasteiger partial charge in [0, 0.05) is 73.3 Å². The molecule has 5 rings (SSSR count). The summed E-state index contributed by atoms with van der Waals surface area (Å²) in [5.41, 5.74) is 11.8. The number of nitrogens with two attached hydrogens (primary N) is 1. The molecule has 1 aliphatic rings. The first kappa shape index (κ1) is 22.9. The Morgan fingerprint density at radius 2 is 1.97 bits per heavy atom. The third-order valence-electron chi connectivity index (χ3n) is 6.39. The predicted molar refractivity (Wildman–Crippen MR) is 143 cm³/mol. The minimum absolute atomic E-state index is 0.479. The Morgan fingerprint density at radius 1 is 1.14 bits per heavy atom. The van der Waals surface area contributed by atoms with Crippen LogP contribution >= 0.6 is 0 Å². The van der Waals surface area contributed by atoms with Crippen LogP contribution in [0.3, 0.4) is 0 Å². The van der Waals surface area contributed by atoms with Gasteiger partial charge in [-0.15, -0.1) is 0 Å². The Hall–Kier alpha value is -3.88. The molecule has 2 aromatic heterocycles. The van der Waals surface area contributed by atoms with E-state index in [4.69, 9.17) is 15.5 Å². The fourth-order valence-electron chi connectivity index (χ4n) is 4.47. The van der Waals surface area contributed by atoms with Crippen molar-refractivity contribution >= 4 is 34.3 Å². The van der Waals surface area contributed by atoms with Crippen LogP contribution in [0.15, 0.2) is 60.9 Å². The standard InChI is InChI=1S/C27H31N7O/c1-33-12-14-34(15-13-33)25-17-26(35-2)24(16-19(25)6-5-10-28)32-27-29-11-9-23(31-27)21-18-30-22-8-4-3-7-20(21)22/h3-9,11,16-18,30H,10,12-15,28H2,1-2H3,(H,29,31,32). The number of piperazine rings is 1. The van der Waals surface area contributed by atoms with Crippen LogP contribution in [0.5, 0.6) is 5.75 Å². The van der Waals surface area contributed by atoms with Crippen molar-refractivity contribution in [1.82, 2.24) is 19.9 Å². The molecule has 4 N–H and O–H groups in total. The zero-order valence-corrected chi connectivity index (χ0v) is 20.2. The third kappa shape index (κ3) is 4.84. The summed E-state index contributed by atoms with van der Waals surface area (Å²) < 4.78 is 5.78. The van der Waals surface area contributed by atoms with Crippen LogP contribution in [0.4, 0.5) is 17.3 Å². The van der Waals surface area contributed by atoms with E-state index in [1.165, 1.54) is 0 Å². The van der Waals surface area contributed by atoms with Crippen molar-refractivity contribution in [3.63, 3.8) is 0 Å². The Labute approximate surface area is 205 Å². The summed E-state index contributed by atoms with van der Waals surface area (Å²) in [5.74, 6) is 1.25. The minimum atomic E-state index is 0.479. The first-order chi connectivity index (χ1) is 17.2. The third-order valence-corrected chi connectivity index (χ3v) is 6.39. The lowest BCUT2D eigenvalue weighted by atomic mass is 10.1. The maximum Gasteiger partial charge on any atom is 0.227 e. The van der Waals surface area contributed by atoms with Crippen LogP contribution in [-0.4, -0.2) is 66.7 Å². The Bertz CT molecular complexity index is 1340. The topological polar surface area (TPSA) is 95.3 Å². The van der Waals surface area contributed by atoms with Crippen LogP contribution < -0.4 is 20.7 Å². The number of hydrogen-bond acceptors (Lipinski definition) is 7. The minimum Gasteiger partial charge on any atom is -0.494 e. The number of rotatable bonds is 7. The highest BCUT2D eigenvalue weighted by Gasteiger charge is 2.19. The largest absolute Gasteiger partial charge is 0.494 e. The molecule has 3 heterocycles. The molecule has 1 saturated heterocycles. The number of H-pyrrole nitrogens is 1. The average molecular weight is 470 g/mol. The molecule has 0 aliphatic carbocycles. The van der Waals surface area contributed by atoms with E-state index in [-0.39, 0.29) is 0 Å². The monoisotopic (exact) mass is 469 g/mol. The Balaban J connectivity index is 1.49. The first-order valence-corrected chi connectivity index (χ1v) is 11.8. The maximum absolute atomic E-state index is 5.78. The lowest BCUT2D eigenvalue weighted by molar-refractivity contribution is 0.312. The van der Waals surface area contributed by atoms with Gasteiger partial charge in [-0.2, -0.15) is 0 Å². The summed E-state index contributed by atoms with van der Waals surface area (Å²) in [7, 11) is 3.84. The second-order valence-corrected chi connectivity index (χ2v) is 8.68. The molecule has 0 amide bonds. The number of anilines is 3. The fraction of sp³-hybridized carbons (Fsp3) is 0.259. The van der Waals surface area contributed by atoms with E-state index in [1.54, 1.807) is 13.3 Å². The second-order valence-electron chi connectivity index (χ2n) is 8.68. The van der Waals surface area contributed by atoms with Crippen molar-refractivity contribution in [1.29, 1.82) is 0 Å². The number of fused-ring (bicyclic) bond motifs is 1. The number of aromatic amines is 1. The molecule has 8 nitrogen and oxygen atoms in total. The van der Waals surface area contributed by atoms with E-state index in [9.17, 15) is 0 Å². The SMILES string of the molecule is COc1cc(N2CCN(C)CC2)c(C=CCN)cc1Nc1nccc(-c2c[nH]c3ccccc23)n1. The van der Waals surface area contributed by atoms with E-state index in [0.717, 1.165) is 71.0 Å². The lowest BCUT2D eigenvalue weighted by Gasteiger charge is -2.35. The van der Waals surface area contributed by atoms with Crippen molar-refractivity contribution in [2.45, 2.75) is 0 Å². The quantitative estimate of drug-likeness (QED) is 0.375. The van der Waals surface area contributed by atoms with Crippen molar-refractivity contribution in [2.24, 2.45) is 5.73 Å². The molecule has 0 radical (unpaired) electrons. The van der Waals surface area contributed by atoms with Gasteiger partial charge in [0.2, 0.25) is 5.95 Å². The molecule has 0 spiro atoms. The summed E-state index contributed by atoms with van der Waals surface area (Å²) in [6.07, 6.45) is 7.80. The van der Waals surface area contributed by atoms with Crippen LogP contribution in [0.2, 0.25) is 0 Å². The molecule has 35 heavy (non-hydrogen) atoms. The maximum atomic E-state index is 5.78. The zero-order valence-electron chi connectivity index (χ0n) is 20.2. The summed E-state index contributed by atoms with van der Waals surface area (Å²) in [4.78, 5) is 17.3. The van der Waals surface area contributed by atoms with E-state index in [2.05, 4.69) is 62.5 Å². The summed E-state index contributed by atoms with van der Waals surface area (Å²) in [5, 5.41) is 4.50. The van der Waals surface area contributed by atoms with Gasteiger partial charge in [-0.3, -0.25) is 0 Å². The van der Waals surface area contributed by atoms with Gasteiger partial charge in [-0.05, 0) is 30.8 Å². The highest BCUT2D eigenvalue weighted by atomic mass is 16.5. The number of likely N-dealkylation sites (N-methyl/N-ethyl adjacent to an activating group) is 1. The van der Waals surface area contributed by atoms with Crippen molar-refractivity contribution in [3.8, 4) is 17.0 Å². The van der Waals surface area contributed by atoms with Crippen molar-refractivity contribution in [3.05, 3.63) is 66.5 Å². The van der Waals surface area contributed by atoms with Gasteiger partial charge in [-0.1, -0.05) is 30.4 Å². The van der Waals surface area contributed by atoms with Crippen LogP contribution in [0.1, 0.15) is 5.56 Å².